The maximum absolute atomic E-state index is 12.5. The van der Waals surface area contributed by atoms with E-state index in [1.165, 1.54) is 12.8 Å². The van der Waals surface area contributed by atoms with E-state index in [9.17, 15) is 10.1 Å². The van der Waals surface area contributed by atoms with Crippen molar-refractivity contribution in [1.29, 1.82) is 5.26 Å². The summed E-state index contributed by atoms with van der Waals surface area (Å²) in [6, 6.07) is 10.0. The van der Waals surface area contributed by atoms with Crippen LogP contribution in [0.25, 0.3) is 0 Å². The van der Waals surface area contributed by atoms with Gasteiger partial charge in [-0.1, -0.05) is 0 Å². The van der Waals surface area contributed by atoms with Crippen LogP contribution < -0.4 is 15.8 Å². The number of hydrazine groups is 1. The van der Waals surface area contributed by atoms with Crippen LogP contribution in [0, 0.1) is 35.0 Å². The minimum Gasteiger partial charge on any atom is -0.400 e. The highest BCUT2D eigenvalue weighted by Gasteiger charge is 2.55. The van der Waals surface area contributed by atoms with Gasteiger partial charge in [0, 0.05) is 32.5 Å². The van der Waals surface area contributed by atoms with Crippen molar-refractivity contribution in [3.05, 3.63) is 29.8 Å². The molecule has 0 aliphatic heterocycles. The van der Waals surface area contributed by atoms with Crippen molar-refractivity contribution >= 4 is 11.6 Å². The third-order valence-electron chi connectivity index (χ3n) is 6.67. The van der Waals surface area contributed by atoms with Gasteiger partial charge >= 0.3 is 0 Å². The molecule has 1 aromatic carbocycles. The predicted molar refractivity (Wildman–Crippen MR) is 105 cm³/mol. The Bertz CT molecular complexity index is 710. The molecule has 6 nitrogen and oxygen atoms in total. The van der Waals surface area contributed by atoms with Gasteiger partial charge in [0.2, 0.25) is 0 Å². The first kappa shape index (κ1) is 19.7. The van der Waals surface area contributed by atoms with Crippen molar-refractivity contribution in [3.8, 4) is 6.07 Å². The highest BCUT2D eigenvalue weighted by Crippen LogP contribution is 2.58. The molecule has 3 saturated carbocycles. The van der Waals surface area contributed by atoms with Crippen LogP contribution in [0.2, 0.25) is 0 Å². The van der Waals surface area contributed by atoms with Gasteiger partial charge in [0.15, 0.2) is 0 Å². The first-order valence-electron chi connectivity index (χ1n) is 9.71. The number of nitrogens with one attached hydrogen (secondary N) is 2. The Morgan fingerprint density at radius 2 is 1.81 bits per heavy atom. The third-order valence-corrected chi connectivity index (χ3v) is 6.67. The third kappa shape index (κ3) is 3.67. The molecule has 0 spiro atoms. The Morgan fingerprint density at radius 1 is 1.15 bits per heavy atom. The number of nitriles is 1. The maximum atomic E-state index is 12.5. The quantitative estimate of drug-likeness (QED) is 0.708. The molecule has 1 aromatic rings. The number of rotatable bonds is 4. The van der Waals surface area contributed by atoms with Crippen LogP contribution in [0.3, 0.4) is 0 Å². The van der Waals surface area contributed by atoms with Crippen molar-refractivity contribution in [3.63, 3.8) is 0 Å². The van der Waals surface area contributed by atoms with Crippen molar-refractivity contribution in [2.75, 3.05) is 26.1 Å². The number of anilines is 1. The lowest BCUT2D eigenvalue weighted by atomic mass is 9.63. The molecule has 3 aliphatic rings. The van der Waals surface area contributed by atoms with Crippen molar-refractivity contribution in [2.45, 2.75) is 37.6 Å². The molecule has 6 heteroatoms. The number of aliphatic hydroxyl groups excluding tert-OH is 1. The fourth-order valence-electron chi connectivity index (χ4n) is 5.38. The van der Waals surface area contributed by atoms with Crippen LogP contribution in [-0.4, -0.2) is 37.8 Å². The molecule has 0 radical (unpaired) electrons. The summed E-state index contributed by atoms with van der Waals surface area (Å²) in [5, 5.41) is 16.9. The smallest absolute Gasteiger partial charge is 0.265 e. The lowest BCUT2D eigenvalue weighted by Crippen LogP contribution is -2.60. The lowest BCUT2D eigenvalue weighted by Gasteiger charge is -2.45. The number of fused-ring (bicyclic) bond motifs is 2. The zero-order valence-electron chi connectivity index (χ0n) is 16.4. The van der Waals surface area contributed by atoms with E-state index in [-0.39, 0.29) is 5.91 Å². The summed E-state index contributed by atoms with van der Waals surface area (Å²) >= 11 is 0. The molecule has 0 saturated heterocycles. The summed E-state index contributed by atoms with van der Waals surface area (Å²) in [6.07, 6.45) is 5.75. The molecule has 3 aliphatic carbocycles. The highest BCUT2D eigenvalue weighted by atomic mass is 16.2. The fraction of sp³-hybridized carbons (Fsp3) is 0.619. The molecule has 4 rings (SSSR count). The second kappa shape index (κ2) is 7.87. The summed E-state index contributed by atoms with van der Waals surface area (Å²) in [4.78, 5) is 14.5. The minimum atomic E-state index is -0.602. The maximum Gasteiger partial charge on any atom is 0.265 e. The SMILES string of the molecule is CN(C)c1ccc(C(=O)NNC2(C#N)CC3CC4CC3CC2C4)cc1.CO. The number of hydrogen-bond acceptors (Lipinski definition) is 5. The summed E-state index contributed by atoms with van der Waals surface area (Å²) in [5.41, 5.74) is 7.05. The van der Waals surface area contributed by atoms with Crippen LogP contribution in [0.1, 0.15) is 42.5 Å². The number of carbonyl (C=O) groups is 1. The van der Waals surface area contributed by atoms with E-state index in [0.717, 1.165) is 43.9 Å². The lowest BCUT2D eigenvalue weighted by molar-refractivity contribution is 0.0690. The van der Waals surface area contributed by atoms with Gasteiger partial charge in [-0.15, -0.1) is 0 Å². The molecule has 1 amide bonds. The van der Waals surface area contributed by atoms with Gasteiger partial charge in [-0.25, -0.2) is 5.43 Å². The summed E-state index contributed by atoms with van der Waals surface area (Å²) in [5.74, 6) is 2.43. The zero-order chi connectivity index (χ0) is 19.6. The van der Waals surface area contributed by atoms with E-state index < -0.39 is 5.54 Å². The van der Waals surface area contributed by atoms with Crippen molar-refractivity contribution < 1.29 is 9.90 Å². The van der Waals surface area contributed by atoms with E-state index in [0.29, 0.717) is 17.4 Å². The van der Waals surface area contributed by atoms with E-state index in [1.54, 1.807) is 0 Å². The van der Waals surface area contributed by atoms with E-state index in [4.69, 9.17) is 5.11 Å². The Kier molecular flexibility index (Phi) is 5.73. The van der Waals surface area contributed by atoms with E-state index in [2.05, 4.69) is 16.9 Å². The number of aliphatic hydroxyl groups is 1. The molecular weight excluding hydrogens is 340 g/mol. The van der Waals surface area contributed by atoms with Gasteiger partial charge in [0.1, 0.15) is 5.54 Å². The first-order chi connectivity index (χ1) is 13.0. The molecule has 3 fully saturated rings. The van der Waals surface area contributed by atoms with Crippen LogP contribution in [0.4, 0.5) is 5.69 Å². The van der Waals surface area contributed by atoms with Crippen LogP contribution >= 0.6 is 0 Å². The Morgan fingerprint density at radius 3 is 2.44 bits per heavy atom. The van der Waals surface area contributed by atoms with Crippen LogP contribution in [0.5, 0.6) is 0 Å². The molecule has 27 heavy (non-hydrogen) atoms. The van der Waals surface area contributed by atoms with Gasteiger partial charge in [-0.2, -0.15) is 5.26 Å². The van der Waals surface area contributed by atoms with Gasteiger partial charge < -0.3 is 10.0 Å². The zero-order valence-corrected chi connectivity index (χ0v) is 16.4. The molecule has 5 atom stereocenters. The normalized spacial score (nSPS) is 32.9. The first-order valence-corrected chi connectivity index (χ1v) is 9.71. The van der Waals surface area contributed by atoms with Gasteiger partial charge in [-0.05, 0) is 80.0 Å². The summed E-state index contributed by atoms with van der Waals surface area (Å²) in [6.45, 7) is 0. The predicted octanol–water partition coefficient (Wildman–Crippen LogP) is 2.31. The molecule has 5 unspecified atom stereocenters. The monoisotopic (exact) mass is 370 g/mol. The standard InChI is InChI=1S/C20H26N4O.CH4O/c1-24(2)18-5-3-14(4-6-18)19(25)22-23-20(12-21)11-16-8-13-7-15(16)10-17(20)9-13;1-2/h3-6,13,15-17,23H,7-11H2,1-2H3,(H,22,25);2H,1H3. The van der Waals surface area contributed by atoms with E-state index >= 15 is 0 Å². The van der Waals surface area contributed by atoms with Crippen molar-refractivity contribution in [2.24, 2.45) is 23.7 Å². The second-order valence-corrected chi connectivity index (χ2v) is 8.33. The van der Waals surface area contributed by atoms with Crippen LogP contribution in [-0.2, 0) is 0 Å². The molecule has 0 heterocycles. The number of hydrogen-bond donors (Lipinski definition) is 3. The van der Waals surface area contributed by atoms with Gasteiger partial charge in [-0.3, -0.25) is 10.2 Å². The number of amides is 1. The molecule has 0 aromatic heterocycles. The number of carbonyl (C=O) groups excluding carboxylic acids is 1. The topological polar surface area (TPSA) is 88.4 Å². The van der Waals surface area contributed by atoms with Gasteiger partial charge in [0.25, 0.3) is 5.91 Å². The van der Waals surface area contributed by atoms with Crippen LogP contribution in [0.15, 0.2) is 24.3 Å². The molecule has 3 N–H and O–H groups in total. The highest BCUT2D eigenvalue weighted by molar-refractivity contribution is 5.94. The Labute approximate surface area is 161 Å². The molecule has 3 bridgehead atoms. The number of benzene rings is 1. The minimum absolute atomic E-state index is 0.176. The average molecular weight is 370 g/mol. The summed E-state index contributed by atoms with van der Waals surface area (Å²) in [7, 11) is 4.94. The fourth-order valence-corrected chi connectivity index (χ4v) is 5.38. The summed E-state index contributed by atoms with van der Waals surface area (Å²) < 4.78 is 0. The number of nitrogens with zero attached hydrogens (tertiary/aromatic N) is 2. The second-order valence-electron chi connectivity index (χ2n) is 8.33. The molecular formula is C21H30N4O2. The van der Waals surface area contributed by atoms with Gasteiger partial charge in [0.05, 0.1) is 6.07 Å². The Hall–Kier alpha value is -2.10. The Balaban J connectivity index is 0.00000102. The largest absolute Gasteiger partial charge is 0.400 e. The van der Waals surface area contributed by atoms with Crippen molar-refractivity contribution in [1.82, 2.24) is 10.9 Å². The molecule has 146 valence electrons. The average Bonchev–Trinajstić information content (AvgIpc) is 2.91. The van der Waals surface area contributed by atoms with E-state index in [1.807, 2.05) is 43.3 Å².